The molecule has 0 fully saturated rings. The third-order valence-electron chi connectivity index (χ3n) is 2.71. The van der Waals surface area contributed by atoms with Crippen LogP contribution in [0, 0.1) is 18.8 Å². The Labute approximate surface area is 93.0 Å². The topological polar surface area (TPSA) is 22.0 Å². The Hall–Kier alpha value is -1.90. The van der Waals surface area contributed by atoms with Crippen LogP contribution in [-0.4, -0.2) is 4.57 Å². The Morgan fingerprint density at radius 3 is 2.69 bits per heavy atom. The lowest BCUT2D eigenvalue weighted by atomic mass is 10.0. The van der Waals surface area contributed by atoms with Crippen LogP contribution in [0.3, 0.4) is 0 Å². The molecule has 81 valence electrons. The molecule has 0 amide bonds. The van der Waals surface area contributed by atoms with Crippen molar-refractivity contribution in [3.05, 3.63) is 58.3 Å². The maximum atomic E-state index is 13.5. The lowest BCUT2D eigenvalue weighted by Crippen LogP contribution is -2.18. The molecule has 0 unspecified atom stereocenters. The van der Waals surface area contributed by atoms with Gasteiger partial charge in [0.15, 0.2) is 0 Å². The smallest absolute Gasteiger partial charge is 0.250 e. The monoisotopic (exact) mass is 216 g/mol. The standard InChI is InChI=1S/C13H11FNO/c1-9-10(7-8-13(16)15(9)2)11-5-3-4-6-12(11)14/h3-5,7-8H,1-2H3. The summed E-state index contributed by atoms with van der Waals surface area (Å²) in [5.74, 6) is -0.399. The van der Waals surface area contributed by atoms with Crippen LogP contribution in [0.1, 0.15) is 5.69 Å². The summed E-state index contributed by atoms with van der Waals surface area (Å²) in [5, 5.41) is 0. The van der Waals surface area contributed by atoms with Crippen molar-refractivity contribution in [3.8, 4) is 11.1 Å². The first-order valence-corrected chi connectivity index (χ1v) is 4.94. The molecule has 0 saturated heterocycles. The van der Waals surface area contributed by atoms with Crippen molar-refractivity contribution in [1.29, 1.82) is 0 Å². The van der Waals surface area contributed by atoms with Gasteiger partial charge in [-0.25, -0.2) is 4.39 Å². The van der Waals surface area contributed by atoms with Gasteiger partial charge in [0.05, 0.1) is 0 Å². The van der Waals surface area contributed by atoms with Gasteiger partial charge in [0.2, 0.25) is 5.56 Å². The number of rotatable bonds is 1. The Balaban J connectivity index is 2.71. The molecule has 1 aromatic heterocycles. The van der Waals surface area contributed by atoms with Crippen molar-refractivity contribution in [1.82, 2.24) is 4.57 Å². The molecule has 2 rings (SSSR count). The molecule has 16 heavy (non-hydrogen) atoms. The van der Waals surface area contributed by atoms with E-state index in [1.807, 2.05) is 0 Å². The van der Waals surface area contributed by atoms with Gasteiger partial charge >= 0.3 is 0 Å². The summed E-state index contributed by atoms with van der Waals surface area (Å²) < 4.78 is 15.0. The molecule has 2 aromatic rings. The maximum Gasteiger partial charge on any atom is 0.250 e. The van der Waals surface area contributed by atoms with Crippen LogP contribution >= 0.6 is 0 Å². The predicted molar refractivity (Wildman–Crippen MR) is 60.7 cm³/mol. The van der Waals surface area contributed by atoms with Gasteiger partial charge in [-0.05, 0) is 13.0 Å². The second-order valence-electron chi connectivity index (χ2n) is 3.63. The number of nitrogens with zero attached hydrogens (tertiary/aromatic N) is 1. The maximum absolute atomic E-state index is 13.5. The van der Waals surface area contributed by atoms with Gasteiger partial charge in [0.1, 0.15) is 5.82 Å². The summed E-state index contributed by atoms with van der Waals surface area (Å²) in [6.07, 6.45) is 0. The van der Waals surface area contributed by atoms with Crippen LogP contribution in [0.5, 0.6) is 0 Å². The van der Waals surface area contributed by atoms with Crippen molar-refractivity contribution in [2.24, 2.45) is 7.05 Å². The fourth-order valence-corrected chi connectivity index (χ4v) is 1.64. The van der Waals surface area contributed by atoms with Crippen molar-refractivity contribution < 1.29 is 4.39 Å². The third kappa shape index (κ3) is 1.65. The summed E-state index contributed by atoms with van der Waals surface area (Å²) in [5.41, 5.74) is 1.83. The Bertz CT molecular complexity index is 587. The molecule has 3 heteroatoms. The van der Waals surface area contributed by atoms with Crippen molar-refractivity contribution in [3.63, 3.8) is 0 Å². The highest BCUT2D eigenvalue weighted by molar-refractivity contribution is 5.66. The molecule has 0 spiro atoms. The van der Waals surface area contributed by atoms with Crippen LogP contribution in [0.2, 0.25) is 0 Å². The normalized spacial score (nSPS) is 10.4. The van der Waals surface area contributed by atoms with E-state index < -0.39 is 5.82 Å². The molecule has 0 aliphatic heterocycles. The highest BCUT2D eigenvalue weighted by Crippen LogP contribution is 2.23. The first-order chi connectivity index (χ1) is 7.61. The molecule has 0 aliphatic rings. The van der Waals surface area contributed by atoms with E-state index in [-0.39, 0.29) is 5.56 Å². The summed E-state index contributed by atoms with van der Waals surface area (Å²) in [6.45, 7) is 1.79. The Kier molecular flexibility index (Phi) is 2.60. The number of aromatic nitrogens is 1. The van der Waals surface area contributed by atoms with Gasteiger partial charge in [0.25, 0.3) is 0 Å². The van der Waals surface area contributed by atoms with Gasteiger partial charge in [-0.2, -0.15) is 0 Å². The van der Waals surface area contributed by atoms with Crippen molar-refractivity contribution >= 4 is 0 Å². The molecule has 2 nitrogen and oxygen atoms in total. The largest absolute Gasteiger partial charge is 0.315 e. The molecular formula is C13H11FNO. The fourth-order valence-electron chi connectivity index (χ4n) is 1.64. The molecule has 1 aromatic carbocycles. The van der Waals surface area contributed by atoms with E-state index in [1.165, 1.54) is 16.7 Å². The van der Waals surface area contributed by atoms with E-state index in [0.717, 1.165) is 11.3 Å². The lowest BCUT2D eigenvalue weighted by Gasteiger charge is -2.10. The first-order valence-electron chi connectivity index (χ1n) is 4.94. The third-order valence-corrected chi connectivity index (χ3v) is 2.71. The number of benzene rings is 1. The average Bonchev–Trinajstić information content (AvgIpc) is 2.28. The van der Waals surface area contributed by atoms with Crippen molar-refractivity contribution in [2.45, 2.75) is 6.92 Å². The van der Waals surface area contributed by atoms with E-state index >= 15 is 0 Å². The van der Waals surface area contributed by atoms with Gasteiger partial charge < -0.3 is 4.57 Å². The van der Waals surface area contributed by atoms with Crippen LogP contribution in [0.15, 0.2) is 35.1 Å². The Morgan fingerprint density at radius 2 is 2.00 bits per heavy atom. The number of hydrogen-bond acceptors (Lipinski definition) is 1. The summed E-state index contributed by atoms with van der Waals surface area (Å²) in [4.78, 5) is 11.4. The zero-order valence-electron chi connectivity index (χ0n) is 9.12. The highest BCUT2D eigenvalue weighted by atomic mass is 19.1. The summed E-state index contributed by atoms with van der Waals surface area (Å²) in [7, 11) is 1.67. The Morgan fingerprint density at radius 1 is 1.25 bits per heavy atom. The number of halogens is 1. The molecule has 0 aliphatic carbocycles. The van der Waals surface area contributed by atoms with Gasteiger partial charge in [-0.1, -0.05) is 18.2 Å². The van der Waals surface area contributed by atoms with Gasteiger partial charge in [0, 0.05) is 36.0 Å². The van der Waals surface area contributed by atoms with Crippen LogP contribution in [0.25, 0.3) is 11.1 Å². The number of hydrogen-bond donors (Lipinski definition) is 0. The number of pyridine rings is 1. The molecule has 0 saturated carbocycles. The van der Waals surface area contributed by atoms with E-state index in [9.17, 15) is 9.18 Å². The van der Waals surface area contributed by atoms with Crippen molar-refractivity contribution in [2.75, 3.05) is 0 Å². The predicted octanol–water partition coefficient (Wildman–Crippen LogP) is 2.30. The minimum absolute atomic E-state index is 0.0958. The average molecular weight is 216 g/mol. The second kappa shape index (κ2) is 3.93. The molecular weight excluding hydrogens is 205 g/mol. The fraction of sp³-hybridized carbons (Fsp3) is 0.154. The van der Waals surface area contributed by atoms with E-state index in [2.05, 4.69) is 6.07 Å². The summed E-state index contributed by atoms with van der Waals surface area (Å²) in [6, 6.07) is 10.5. The minimum Gasteiger partial charge on any atom is -0.315 e. The molecule has 1 heterocycles. The van der Waals surface area contributed by atoms with Crippen LogP contribution in [-0.2, 0) is 7.05 Å². The molecule has 0 N–H and O–H groups in total. The zero-order chi connectivity index (χ0) is 11.7. The molecule has 0 atom stereocenters. The highest BCUT2D eigenvalue weighted by Gasteiger charge is 2.09. The quantitative estimate of drug-likeness (QED) is 0.717. The second-order valence-corrected chi connectivity index (χ2v) is 3.63. The van der Waals surface area contributed by atoms with Crippen LogP contribution < -0.4 is 5.56 Å². The minimum atomic E-state index is -0.399. The lowest BCUT2D eigenvalue weighted by molar-refractivity contribution is 0.628. The first kappa shape index (κ1) is 10.6. The SMILES string of the molecule is Cc1c(-c2ccc[c]c2F)ccc(=O)n1C. The van der Waals surface area contributed by atoms with Gasteiger partial charge in [-0.3, -0.25) is 4.79 Å². The molecule has 0 bridgehead atoms. The zero-order valence-corrected chi connectivity index (χ0v) is 9.12. The van der Waals surface area contributed by atoms with E-state index in [1.54, 1.807) is 32.2 Å². The van der Waals surface area contributed by atoms with E-state index in [0.29, 0.717) is 5.56 Å². The summed E-state index contributed by atoms with van der Waals surface area (Å²) >= 11 is 0. The van der Waals surface area contributed by atoms with E-state index in [4.69, 9.17) is 0 Å². The van der Waals surface area contributed by atoms with Crippen LogP contribution in [0.4, 0.5) is 4.39 Å². The molecule has 1 radical (unpaired) electrons. The van der Waals surface area contributed by atoms with Gasteiger partial charge in [-0.15, -0.1) is 0 Å².